The van der Waals surface area contributed by atoms with Gasteiger partial charge in [0, 0.05) is 17.7 Å². The van der Waals surface area contributed by atoms with Crippen LogP contribution in [0.1, 0.15) is 0 Å². The molecule has 1 fully saturated rings. The highest BCUT2D eigenvalue weighted by molar-refractivity contribution is 7.74. The molecule has 4 heteroatoms. The monoisotopic (exact) mass is 276 g/mol. The second kappa shape index (κ2) is 6.67. The molecule has 0 bridgehead atoms. The van der Waals surface area contributed by atoms with Crippen LogP contribution >= 0.6 is 7.37 Å². The van der Waals surface area contributed by atoms with Gasteiger partial charge in [-0.15, -0.1) is 0 Å². The maximum Gasteiger partial charge on any atom is 0.261 e. The second-order valence-corrected chi connectivity index (χ2v) is 6.52. The van der Waals surface area contributed by atoms with Gasteiger partial charge in [-0.25, -0.2) is 0 Å². The summed E-state index contributed by atoms with van der Waals surface area (Å²) in [5.41, 5.74) is 0. The summed E-state index contributed by atoms with van der Waals surface area (Å²) in [5, 5.41) is 1.45. The standard InChI is InChI=1S/C13H13O2P.C2H4O/c1-15-16(14,12-8-4-2-5-9-12)13-10-6-3-7-11-13;1-2-3-1/h2-11H,1H3;1-2H2. The van der Waals surface area contributed by atoms with Gasteiger partial charge in [-0.3, -0.25) is 4.57 Å². The van der Waals surface area contributed by atoms with Crippen molar-refractivity contribution in [1.29, 1.82) is 0 Å². The first-order valence-electron chi connectivity index (χ1n) is 6.12. The van der Waals surface area contributed by atoms with E-state index in [1.165, 1.54) is 7.11 Å². The van der Waals surface area contributed by atoms with Crippen LogP contribution in [0.2, 0.25) is 0 Å². The Labute approximate surface area is 113 Å². The number of benzene rings is 2. The van der Waals surface area contributed by atoms with Gasteiger partial charge in [0.1, 0.15) is 0 Å². The molecule has 1 heterocycles. The molecule has 0 saturated carbocycles. The summed E-state index contributed by atoms with van der Waals surface area (Å²) in [5.74, 6) is 0. The van der Waals surface area contributed by atoms with E-state index in [4.69, 9.17) is 4.52 Å². The molecule has 0 aliphatic carbocycles. The van der Waals surface area contributed by atoms with E-state index in [0.29, 0.717) is 0 Å². The number of hydrogen-bond acceptors (Lipinski definition) is 3. The Kier molecular flexibility index (Phi) is 4.92. The first-order chi connectivity index (χ1) is 9.27. The summed E-state index contributed by atoms with van der Waals surface area (Å²) in [7, 11) is -1.42. The lowest BCUT2D eigenvalue weighted by atomic mass is 10.4. The topological polar surface area (TPSA) is 38.8 Å². The minimum atomic E-state index is -2.90. The van der Waals surface area contributed by atoms with Crippen molar-refractivity contribution in [1.82, 2.24) is 0 Å². The molecule has 0 unspecified atom stereocenters. The summed E-state index contributed by atoms with van der Waals surface area (Å²) < 4.78 is 22.5. The fraction of sp³-hybridized carbons (Fsp3) is 0.200. The Morgan fingerprint density at radius 3 is 1.53 bits per heavy atom. The van der Waals surface area contributed by atoms with Crippen LogP contribution < -0.4 is 10.6 Å². The molecule has 2 aromatic rings. The smallest absolute Gasteiger partial charge is 0.261 e. The normalized spacial score (nSPS) is 13.3. The predicted molar refractivity (Wildman–Crippen MR) is 77.6 cm³/mol. The molecule has 0 atom stereocenters. The zero-order valence-corrected chi connectivity index (χ0v) is 11.8. The Bertz CT molecular complexity index is 492. The quantitative estimate of drug-likeness (QED) is 0.639. The lowest BCUT2D eigenvalue weighted by molar-refractivity contribution is 0.412. The summed E-state index contributed by atoms with van der Waals surface area (Å²) in [6.45, 7) is 2.00. The first-order valence-corrected chi connectivity index (χ1v) is 7.74. The van der Waals surface area contributed by atoms with Crippen LogP contribution in [-0.4, -0.2) is 20.3 Å². The molecule has 2 aromatic carbocycles. The average molecular weight is 276 g/mol. The molecule has 0 spiro atoms. The van der Waals surface area contributed by atoms with Gasteiger partial charge < -0.3 is 9.26 Å². The third-order valence-corrected chi connectivity index (χ3v) is 5.12. The Balaban J connectivity index is 0.000000390. The summed E-state index contributed by atoms with van der Waals surface area (Å²) in [4.78, 5) is 0. The van der Waals surface area contributed by atoms with Crippen molar-refractivity contribution in [3.8, 4) is 0 Å². The van der Waals surface area contributed by atoms with E-state index in [1.807, 2.05) is 60.7 Å². The molecule has 100 valence electrons. The van der Waals surface area contributed by atoms with Crippen molar-refractivity contribution < 1.29 is 13.8 Å². The van der Waals surface area contributed by atoms with Crippen LogP contribution in [0.4, 0.5) is 0 Å². The molecule has 0 aromatic heterocycles. The summed E-state index contributed by atoms with van der Waals surface area (Å²) in [6, 6.07) is 18.6. The van der Waals surface area contributed by atoms with Gasteiger partial charge in [-0.1, -0.05) is 36.4 Å². The number of epoxide rings is 1. The molecule has 1 aliphatic heterocycles. The van der Waals surface area contributed by atoms with Gasteiger partial charge in [0.05, 0.1) is 13.2 Å². The second-order valence-electron chi connectivity index (χ2n) is 4.02. The molecule has 3 nitrogen and oxygen atoms in total. The Morgan fingerprint density at radius 2 is 1.26 bits per heavy atom. The summed E-state index contributed by atoms with van der Waals surface area (Å²) >= 11 is 0. The molecule has 1 aliphatic rings. The zero-order valence-electron chi connectivity index (χ0n) is 10.9. The van der Waals surface area contributed by atoms with Gasteiger partial charge in [-0.05, 0) is 24.3 Å². The molecule has 0 N–H and O–H groups in total. The molecular weight excluding hydrogens is 259 g/mol. The average Bonchev–Trinajstić information content (AvgIpc) is 3.37. The van der Waals surface area contributed by atoms with E-state index in [0.717, 1.165) is 23.8 Å². The van der Waals surface area contributed by atoms with Crippen LogP contribution in [0.25, 0.3) is 0 Å². The van der Waals surface area contributed by atoms with Crippen molar-refractivity contribution in [2.75, 3.05) is 20.3 Å². The molecular formula is C15H17O3P. The van der Waals surface area contributed by atoms with Gasteiger partial charge in [0.25, 0.3) is 7.37 Å². The van der Waals surface area contributed by atoms with Crippen LogP contribution in [0.15, 0.2) is 60.7 Å². The van der Waals surface area contributed by atoms with Gasteiger partial charge in [-0.2, -0.15) is 0 Å². The molecule has 0 amide bonds. The van der Waals surface area contributed by atoms with E-state index < -0.39 is 7.37 Å². The van der Waals surface area contributed by atoms with Crippen LogP contribution in [0.5, 0.6) is 0 Å². The van der Waals surface area contributed by atoms with Crippen LogP contribution in [0.3, 0.4) is 0 Å². The van der Waals surface area contributed by atoms with E-state index in [-0.39, 0.29) is 0 Å². The van der Waals surface area contributed by atoms with Crippen LogP contribution in [-0.2, 0) is 13.8 Å². The van der Waals surface area contributed by atoms with Crippen molar-refractivity contribution in [3.05, 3.63) is 60.7 Å². The molecule has 0 radical (unpaired) electrons. The maximum atomic E-state index is 12.8. The third kappa shape index (κ3) is 3.77. The van der Waals surface area contributed by atoms with Gasteiger partial charge >= 0.3 is 0 Å². The fourth-order valence-corrected chi connectivity index (χ4v) is 3.46. The third-order valence-electron chi connectivity index (χ3n) is 2.65. The van der Waals surface area contributed by atoms with E-state index >= 15 is 0 Å². The maximum absolute atomic E-state index is 12.8. The van der Waals surface area contributed by atoms with Crippen LogP contribution in [0, 0.1) is 0 Å². The van der Waals surface area contributed by atoms with Crippen molar-refractivity contribution in [2.45, 2.75) is 0 Å². The lowest BCUT2D eigenvalue weighted by Gasteiger charge is -2.16. The van der Waals surface area contributed by atoms with E-state index in [1.54, 1.807) is 0 Å². The fourth-order valence-electron chi connectivity index (χ4n) is 1.61. The van der Waals surface area contributed by atoms with Crippen molar-refractivity contribution in [3.63, 3.8) is 0 Å². The molecule has 3 rings (SSSR count). The van der Waals surface area contributed by atoms with Crippen molar-refractivity contribution in [2.24, 2.45) is 0 Å². The summed E-state index contributed by atoms with van der Waals surface area (Å²) in [6.07, 6.45) is 0. The molecule has 1 saturated heterocycles. The number of ether oxygens (including phenoxy) is 1. The predicted octanol–water partition coefficient (Wildman–Crippen LogP) is 2.58. The lowest BCUT2D eigenvalue weighted by Crippen LogP contribution is -2.16. The minimum absolute atomic E-state index is 0.726. The van der Waals surface area contributed by atoms with E-state index in [2.05, 4.69) is 4.74 Å². The largest absolute Gasteiger partial charge is 0.377 e. The highest BCUT2D eigenvalue weighted by Gasteiger charge is 2.26. The van der Waals surface area contributed by atoms with E-state index in [9.17, 15) is 4.57 Å². The molecule has 19 heavy (non-hydrogen) atoms. The number of hydrogen-bond donors (Lipinski definition) is 0. The highest BCUT2D eigenvalue weighted by atomic mass is 31.2. The van der Waals surface area contributed by atoms with Gasteiger partial charge in [0.15, 0.2) is 0 Å². The SMILES string of the molecule is C1CO1.COP(=O)(c1ccccc1)c1ccccc1. The first kappa shape index (κ1) is 14.0. The Hall–Kier alpha value is -1.41. The van der Waals surface area contributed by atoms with Crippen molar-refractivity contribution >= 4 is 18.0 Å². The zero-order chi connectivity index (χ0) is 13.6. The number of rotatable bonds is 3. The van der Waals surface area contributed by atoms with Gasteiger partial charge in [0.2, 0.25) is 0 Å². The highest BCUT2D eigenvalue weighted by Crippen LogP contribution is 2.43. The Morgan fingerprint density at radius 1 is 0.895 bits per heavy atom. The minimum Gasteiger partial charge on any atom is -0.377 e.